The van der Waals surface area contributed by atoms with E-state index in [1.807, 2.05) is 30.5 Å². The Labute approximate surface area is 191 Å². The number of furan rings is 1. The molecule has 0 atom stereocenters. The molecule has 4 aromatic heterocycles. The van der Waals surface area contributed by atoms with Crippen LogP contribution in [-0.4, -0.2) is 25.8 Å². The van der Waals surface area contributed by atoms with Gasteiger partial charge in [-0.25, -0.2) is 4.98 Å². The van der Waals surface area contributed by atoms with E-state index in [0.717, 1.165) is 5.69 Å². The molecule has 0 bridgehead atoms. The number of nitrogens with zero attached hydrogens (tertiary/aromatic N) is 4. The van der Waals surface area contributed by atoms with Crippen molar-refractivity contribution >= 4 is 34.7 Å². The number of aryl methyl sites for hydroxylation is 2. The van der Waals surface area contributed by atoms with Gasteiger partial charge in [0.1, 0.15) is 28.5 Å². The van der Waals surface area contributed by atoms with Crippen molar-refractivity contribution in [1.29, 1.82) is 0 Å². The zero-order valence-electron chi connectivity index (χ0n) is 17.0. The van der Waals surface area contributed by atoms with Crippen LogP contribution >= 0.6 is 22.9 Å². The molecule has 0 aliphatic carbocycles. The highest BCUT2D eigenvalue weighted by molar-refractivity contribution is 7.12. The predicted molar refractivity (Wildman–Crippen MR) is 121 cm³/mol. The quantitative estimate of drug-likeness (QED) is 0.354. The average molecular weight is 466 g/mol. The van der Waals surface area contributed by atoms with Gasteiger partial charge in [-0.15, -0.1) is 11.3 Å². The van der Waals surface area contributed by atoms with Crippen molar-refractivity contribution in [2.24, 2.45) is 0 Å². The van der Waals surface area contributed by atoms with E-state index in [1.165, 1.54) is 11.3 Å². The van der Waals surface area contributed by atoms with Gasteiger partial charge in [-0.05, 0) is 32.0 Å². The zero-order valence-corrected chi connectivity index (χ0v) is 18.6. The van der Waals surface area contributed by atoms with Crippen molar-refractivity contribution in [2.75, 3.05) is 5.32 Å². The fourth-order valence-electron chi connectivity index (χ4n) is 3.29. The van der Waals surface area contributed by atoms with Crippen LogP contribution in [0.1, 0.15) is 21.8 Å². The SMILES string of the molecule is Cc1cc(NC(=O)c2c(-c3ccccc3Cl)noc2C)n(-c2nc(-c3ccco3)cs2)n1. The van der Waals surface area contributed by atoms with Crippen molar-refractivity contribution < 1.29 is 13.7 Å². The molecule has 5 rings (SSSR count). The number of benzene rings is 1. The van der Waals surface area contributed by atoms with Gasteiger partial charge in [0.15, 0.2) is 5.76 Å². The highest BCUT2D eigenvalue weighted by Gasteiger charge is 2.24. The van der Waals surface area contributed by atoms with E-state index in [4.69, 9.17) is 20.5 Å². The van der Waals surface area contributed by atoms with E-state index in [9.17, 15) is 4.79 Å². The fourth-order valence-corrected chi connectivity index (χ4v) is 4.29. The van der Waals surface area contributed by atoms with Crippen molar-refractivity contribution in [3.63, 3.8) is 0 Å². The summed E-state index contributed by atoms with van der Waals surface area (Å²) in [6.45, 7) is 3.52. The number of carbonyl (C=O) groups excluding carboxylic acids is 1. The summed E-state index contributed by atoms with van der Waals surface area (Å²) in [5.74, 6) is 1.13. The standard InChI is InChI=1S/C22H16ClN5O3S/c1-12-10-18(28(26-12)22-24-16(11-32-22)17-8-5-9-30-17)25-21(29)19-13(2)31-27-20(19)14-6-3-4-7-15(14)23/h3-11H,1-2H3,(H,25,29). The maximum absolute atomic E-state index is 13.3. The molecular weight excluding hydrogens is 450 g/mol. The Kier molecular flexibility index (Phi) is 5.12. The lowest BCUT2D eigenvalue weighted by molar-refractivity contribution is 0.102. The third-order valence-corrected chi connectivity index (χ3v) is 5.88. The van der Waals surface area contributed by atoms with Gasteiger partial charge in [0, 0.05) is 17.0 Å². The Hall–Kier alpha value is -3.69. The third-order valence-electron chi connectivity index (χ3n) is 4.74. The first-order valence-corrected chi connectivity index (χ1v) is 10.9. The summed E-state index contributed by atoms with van der Waals surface area (Å²) in [6.07, 6.45) is 1.59. The van der Waals surface area contributed by atoms with E-state index in [0.29, 0.717) is 50.0 Å². The van der Waals surface area contributed by atoms with E-state index >= 15 is 0 Å². The molecule has 8 nitrogen and oxygen atoms in total. The Balaban J connectivity index is 1.49. The molecule has 0 fully saturated rings. The van der Waals surface area contributed by atoms with Gasteiger partial charge in [0.05, 0.1) is 17.0 Å². The average Bonchev–Trinajstić information content (AvgIpc) is 3.55. The topological polar surface area (TPSA) is 99.0 Å². The molecule has 10 heteroatoms. The number of amides is 1. The number of rotatable bonds is 5. The highest BCUT2D eigenvalue weighted by atomic mass is 35.5. The van der Waals surface area contributed by atoms with Crippen LogP contribution in [0.5, 0.6) is 0 Å². The number of carbonyl (C=O) groups is 1. The van der Waals surface area contributed by atoms with Gasteiger partial charge in [0.2, 0.25) is 5.13 Å². The fraction of sp³-hybridized carbons (Fsp3) is 0.0909. The highest BCUT2D eigenvalue weighted by Crippen LogP contribution is 2.32. The van der Waals surface area contributed by atoms with Crippen molar-refractivity contribution in [2.45, 2.75) is 13.8 Å². The van der Waals surface area contributed by atoms with Crippen LogP contribution < -0.4 is 5.32 Å². The van der Waals surface area contributed by atoms with Crippen molar-refractivity contribution in [3.8, 4) is 27.8 Å². The maximum Gasteiger partial charge on any atom is 0.262 e. The second kappa shape index (κ2) is 8.10. The lowest BCUT2D eigenvalue weighted by Crippen LogP contribution is -2.16. The van der Waals surface area contributed by atoms with E-state index < -0.39 is 0 Å². The van der Waals surface area contributed by atoms with E-state index in [2.05, 4.69) is 20.6 Å². The van der Waals surface area contributed by atoms with Crippen LogP contribution in [0.4, 0.5) is 5.82 Å². The first-order valence-electron chi connectivity index (χ1n) is 9.60. The van der Waals surface area contributed by atoms with Crippen molar-refractivity contribution in [3.05, 3.63) is 76.1 Å². The summed E-state index contributed by atoms with van der Waals surface area (Å²) >= 11 is 7.70. The first kappa shape index (κ1) is 20.2. The summed E-state index contributed by atoms with van der Waals surface area (Å²) in [7, 11) is 0. The molecule has 32 heavy (non-hydrogen) atoms. The number of hydrogen-bond donors (Lipinski definition) is 1. The van der Waals surface area contributed by atoms with Crippen LogP contribution in [-0.2, 0) is 0 Å². The minimum absolute atomic E-state index is 0.305. The minimum atomic E-state index is -0.386. The van der Waals surface area contributed by atoms with Gasteiger partial charge < -0.3 is 14.3 Å². The third kappa shape index (κ3) is 3.61. The monoisotopic (exact) mass is 465 g/mol. The smallest absolute Gasteiger partial charge is 0.262 e. The normalized spacial score (nSPS) is 11.1. The number of nitrogens with one attached hydrogen (secondary N) is 1. The van der Waals surface area contributed by atoms with Gasteiger partial charge in [-0.3, -0.25) is 4.79 Å². The Bertz CT molecular complexity index is 1420. The lowest BCUT2D eigenvalue weighted by Gasteiger charge is -2.07. The van der Waals surface area contributed by atoms with E-state index in [-0.39, 0.29) is 5.91 Å². The largest absolute Gasteiger partial charge is 0.463 e. The summed E-state index contributed by atoms with van der Waals surface area (Å²) in [4.78, 5) is 17.8. The van der Waals surface area contributed by atoms with Crippen molar-refractivity contribution in [1.82, 2.24) is 19.9 Å². The number of halogens is 1. The molecule has 0 aliphatic heterocycles. The molecule has 0 saturated carbocycles. The van der Waals surface area contributed by atoms with Gasteiger partial charge in [0.25, 0.3) is 5.91 Å². The summed E-state index contributed by atoms with van der Waals surface area (Å²) in [5.41, 5.74) is 2.71. The Morgan fingerprint density at radius 1 is 1.19 bits per heavy atom. The molecule has 4 heterocycles. The minimum Gasteiger partial charge on any atom is -0.463 e. The van der Waals surface area contributed by atoms with Crippen LogP contribution in [0.3, 0.4) is 0 Å². The van der Waals surface area contributed by atoms with Gasteiger partial charge >= 0.3 is 0 Å². The molecule has 0 radical (unpaired) electrons. The summed E-state index contributed by atoms with van der Waals surface area (Å²) in [6, 6.07) is 12.6. The van der Waals surface area contributed by atoms with Crippen LogP contribution in [0.2, 0.25) is 5.02 Å². The van der Waals surface area contributed by atoms with E-state index in [1.54, 1.807) is 42.1 Å². The second-order valence-corrected chi connectivity index (χ2v) is 8.22. The molecule has 1 amide bonds. The zero-order chi connectivity index (χ0) is 22.2. The predicted octanol–water partition coefficient (Wildman–Crippen LogP) is 5.77. The van der Waals surface area contributed by atoms with Gasteiger partial charge in [-0.1, -0.05) is 35.0 Å². The number of thiazole rings is 1. The number of aromatic nitrogens is 4. The molecule has 0 unspecified atom stereocenters. The number of anilines is 1. The second-order valence-electron chi connectivity index (χ2n) is 6.97. The van der Waals surface area contributed by atoms with Crippen LogP contribution in [0, 0.1) is 13.8 Å². The number of hydrogen-bond acceptors (Lipinski definition) is 7. The van der Waals surface area contributed by atoms with Crippen LogP contribution in [0.25, 0.3) is 27.8 Å². The molecule has 160 valence electrons. The lowest BCUT2D eigenvalue weighted by atomic mass is 10.1. The maximum atomic E-state index is 13.3. The first-order chi connectivity index (χ1) is 15.5. The Morgan fingerprint density at radius 2 is 2.03 bits per heavy atom. The molecule has 0 saturated heterocycles. The molecule has 1 N–H and O–H groups in total. The molecular formula is C22H16ClN5O3S. The van der Waals surface area contributed by atoms with Crippen LogP contribution in [0.15, 0.2) is 63.0 Å². The Morgan fingerprint density at radius 3 is 2.81 bits per heavy atom. The molecule has 1 aromatic carbocycles. The summed E-state index contributed by atoms with van der Waals surface area (Å²) in [5, 5.41) is 14.4. The molecule has 0 spiro atoms. The summed E-state index contributed by atoms with van der Waals surface area (Å²) < 4.78 is 12.3. The molecule has 5 aromatic rings. The molecule has 0 aliphatic rings. The van der Waals surface area contributed by atoms with Gasteiger partial charge in [-0.2, -0.15) is 9.78 Å².